The van der Waals surface area contributed by atoms with Crippen molar-refractivity contribution in [1.29, 1.82) is 0 Å². The van der Waals surface area contributed by atoms with Crippen molar-refractivity contribution in [3.8, 4) is 0 Å². The third kappa shape index (κ3) is 4.30. The second-order valence-corrected chi connectivity index (χ2v) is 5.98. The van der Waals surface area contributed by atoms with Crippen LogP contribution in [0.3, 0.4) is 0 Å². The summed E-state index contributed by atoms with van der Waals surface area (Å²) in [5.74, 6) is -1.91. The normalized spacial score (nSPS) is 11.5. The molecule has 0 aliphatic heterocycles. The largest absolute Gasteiger partial charge is 0.382 e. The molecule has 0 aliphatic rings. The molecule has 1 N–H and O–H groups in total. The van der Waals surface area contributed by atoms with E-state index in [0.717, 1.165) is 6.07 Å². The summed E-state index contributed by atoms with van der Waals surface area (Å²) in [5.41, 5.74) is -0.0169. The van der Waals surface area contributed by atoms with Crippen molar-refractivity contribution in [3.05, 3.63) is 29.8 Å². The molecule has 1 aromatic rings. The van der Waals surface area contributed by atoms with Crippen molar-refractivity contribution < 1.29 is 17.2 Å². The quantitative estimate of drug-likeness (QED) is 0.856. The first-order valence-corrected chi connectivity index (χ1v) is 7.16. The van der Waals surface area contributed by atoms with Crippen molar-refractivity contribution >= 4 is 15.5 Å². The van der Waals surface area contributed by atoms with Crippen molar-refractivity contribution in [2.45, 2.75) is 13.3 Å². The van der Waals surface area contributed by atoms with Crippen LogP contribution in [0.4, 0.5) is 14.5 Å². The molecule has 0 aliphatic carbocycles. The Kier molecular flexibility index (Phi) is 4.86. The lowest BCUT2D eigenvalue weighted by atomic mass is 10.3. The number of hydrogen-bond donors (Lipinski definition) is 1. The number of sulfone groups is 1. The maximum absolute atomic E-state index is 13.2. The molecule has 1 aromatic carbocycles. The van der Waals surface area contributed by atoms with E-state index in [2.05, 4.69) is 5.32 Å². The third-order valence-corrected chi connectivity index (χ3v) is 4.05. The zero-order valence-electron chi connectivity index (χ0n) is 9.54. The highest BCUT2D eigenvalue weighted by molar-refractivity contribution is 7.91. The summed E-state index contributed by atoms with van der Waals surface area (Å²) in [7, 11) is -3.10. The van der Waals surface area contributed by atoms with Crippen LogP contribution in [-0.2, 0) is 9.84 Å². The molecule has 0 amide bonds. The molecule has 0 aromatic heterocycles. The molecule has 0 fully saturated rings. The summed E-state index contributed by atoms with van der Waals surface area (Å²) in [5, 5.41) is 2.57. The number of rotatable bonds is 6. The topological polar surface area (TPSA) is 46.2 Å². The first-order chi connectivity index (χ1) is 7.96. The van der Waals surface area contributed by atoms with Gasteiger partial charge in [0, 0.05) is 12.3 Å². The molecule has 3 nitrogen and oxygen atoms in total. The third-order valence-electron chi connectivity index (χ3n) is 2.20. The molecule has 0 radical (unpaired) electrons. The minimum absolute atomic E-state index is 0.0169. The van der Waals surface area contributed by atoms with E-state index < -0.39 is 21.5 Å². The molecule has 17 heavy (non-hydrogen) atoms. The van der Waals surface area contributed by atoms with E-state index in [-0.39, 0.29) is 23.7 Å². The van der Waals surface area contributed by atoms with E-state index >= 15 is 0 Å². The summed E-state index contributed by atoms with van der Waals surface area (Å²) in [6.07, 6.45) is 0.552. The van der Waals surface area contributed by atoms with Gasteiger partial charge in [0.2, 0.25) is 0 Å². The summed E-state index contributed by atoms with van der Waals surface area (Å²) in [6, 6.07) is 3.74. The molecule has 6 heteroatoms. The van der Waals surface area contributed by atoms with Gasteiger partial charge in [-0.2, -0.15) is 0 Å². The Balaban J connectivity index is 2.55. The monoisotopic (exact) mass is 263 g/mol. The lowest BCUT2D eigenvalue weighted by Gasteiger charge is -2.08. The Morgan fingerprint density at radius 1 is 1.24 bits per heavy atom. The van der Waals surface area contributed by atoms with Gasteiger partial charge in [-0.15, -0.1) is 0 Å². The van der Waals surface area contributed by atoms with E-state index in [1.807, 2.05) is 0 Å². The molecule has 96 valence electrons. The van der Waals surface area contributed by atoms with Crippen molar-refractivity contribution in [2.75, 3.05) is 23.4 Å². The van der Waals surface area contributed by atoms with Crippen LogP contribution in [0.5, 0.6) is 0 Å². The van der Waals surface area contributed by atoms with Crippen LogP contribution in [0.1, 0.15) is 13.3 Å². The summed E-state index contributed by atoms with van der Waals surface area (Å²) in [6.45, 7) is 1.85. The van der Waals surface area contributed by atoms with E-state index in [1.165, 1.54) is 12.1 Å². The lowest BCUT2D eigenvalue weighted by molar-refractivity contribution is 0.511. The zero-order valence-corrected chi connectivity index (χ0v) is 10.4. The number of benzene rings is 1. The van der Waals surface area contributed by atoms with Gasteiger partial charge in [0.15, 0.2) is 21.5 Å². The highest BCUT2D eigenvalue weighted by Crippen LogP contribution is 2.16. The molecule has 0 heterocycles. The highest BCUT2D eigenvalue weighted by Gasteiger charge is 2.10. The van der Waals surface area contributed by atoms with Gasteiger partial charge >= 0.3 is 0 Å². The predicted molar refractivity (Wildman–Crippen MR) is 63.8 cm³/mol. The van der Waals surface area contributed by atoms with Gasteiger partial charge in [0.1, 0.15) is 0 Å². The van der Waals surface area contributed by atoms with Crippen LogP contribution in [0, 0.1) is 11.6 Å². The molecular formula is C11H15F2NO2S. The number of halogens is 2. The van der Waals surface area contributed by atoms with Crippen molar-refractivity contribution in [3.63, 3.8) is 0 Å². The van der Waals surface area contributed by atoms with Gasteiger partial charge in [0.25, 0.3) is 0 Å². The number of nitrogens with one attached hydrogen (secondary N) is 1. The molecule has 0 saturated heterocycles. The molecule has 0 spiro atoms. The molecule has 1 rings (SSSR count). The van der Waals surface area contributed by atoms with Crippen LogP contribution in [0.2, 0.25) is 0 Å². The smallest absolute Gasteiger partial charge is 0.181 e. The summed E-state index contributed by atoms with van der Waals surface area (Å²) < 4.78 is 48.7. The molecular weight excluding hydrogens is 248 g/mol. The first-order valence-electron chi connectivity index (χ1n) is 5.34. The highest BCUT2D eigenvalue weighted by atomic mass is 32.2. The average Bonchev–Trinajstić information content (AvgIpc) is 2.24. The fraction of sp³-hybridized carbons (Fsp3) is 0.455. The van der Waals surface area contributed by atoms with Gasteiger partial charge < -0.3 is 5.32 Å². The van der Waals surface area contributed by atoms with Gasteiger partial charge in [-0.1, -0.05) is 13.0 Å². The summed E-state index contributed by atoms with van der Waals surface area (Å²) >= 11 is 0. The van der Waals surface area contributed by atoms with Gasteiger partial charge in [-0.05, 0) is 18.6 Å². The Morgan fingerprint density at radius 2 is 1.94 bits per heavy atom. The van der Waals surface area contributed by atoms with Crippen LogP contribution >= 0.6 is 0 Å². The molecule has 0 saturated carbocycles. The van der Waals surface area contributed by atoms with E-state index in [9.17, 15) is 17.2 Å². The van der Waals surface area contributed by atoms with Gasteiger partial charge in [-0.25, -0.2) is 17.2 Å². The minimum atomic E-state index is -3.10. The number of hydrogen-bond acceptors (Lipinski definition) is 3. The second-order valence-electron chi connectivity index (χ2n) is 3.68. The molecule has 0 bridgehead atoms. The maximum Gasteiger partial charge on any atom is 0.181 e. The average molecular weight is 263 g/mol. The van der Waals surface area contributed by atoms with Crippen molar-refractivity contribution in [2.24, 2.45) is 0 Å². The standard InChI is InChI=1S/C11H15F2NO2S/c1-2-7-17(15,16)8-6-14-10-5-3-4-9(12)11(10)13/h3-5,14H,2,6-8H2,1H3. The van der Waals surface area contributed by atoms with Gasteiger partial charge in [-0.3, -0.25) is 0 Å². The Hall–Kier alpha value is -1.17. The maximum atomic E-state index is 13.2. The minimum Gasteiger partial charge on any atom is -0.382 e. The Labute approximate surface area is 99.8 Å². The second kappa shape index (κ2) is 5.95. The van der Waals surface area contributed by atoms with Crippen LogP contribution in [-0.4, -0.2) is 26.5 Å². The fourth-order valence-corrected chi connectivity index (χ4v) is 2.63. The zero-order chi connectivity index (χ0) is 12.9. The van der Waals surface area contributed by atoms with E-state index in [1.54, 1.807) is 6.92 Å². The SMILES string of the molecule is CCCS(=O)(=O)CCNc1cccc(F)c1F. The van der Waals surface area contributed by atoms with Crippen LogP contribution in [0.25, 0.3) is 0 Å². The lowest BCUT2D eigenvalue weighted by Crippen LogP contribution is -2.18. The molecule has 0 atom stereocenters. The molecule has 0 unspecified atom stereocenters. The Bertz CT molecular complexity index is 474. The fourth-order valence-electron chi connectivity index (χ4n) is 1.39. The van der Waals surface area contributed by atoms with E-state index in [4.69, 9.17) is 0 Å². The van der Waals surface area contributed by atoms with Crippen LogP contribution < -0.4 is 5.32 Å². The van der Waals surface area contributed by atoms with Gasteiger partial charge in [0.05, 0.1) is 11.4 Å². The Morgan fingerprint density at radius 3 is 2.59 bits per heavy atom. The number of anilines is 1. The predicted octanol–water partition coefficient (Wildman–Crippen LogP) is 2.20. The summed E-state index contributed by atoms with van der Waals surface area (Å²) in [4.78, 5) is 0. The first kappa shape index (κ1) is 13.9. The van der Waals surface area contributed by atoms with Crippen LogP contribution in [0.15, 0.2) is 18.2 Å². The van der Waals surface area contributed by atoms with E-state index in [0.29, 0.717) is 6.42 Å². The van der Waals surface area contributed by atoms with Crippen molar-refractivity contribution in [1.82, 2.24) is 0 Å².